The Labute approximate surface area is 220 Å². The molecule has 0 radical (unpaired) electrons. The number of nitrogens with one attached hydrogen (secondary N) is 1. The first kappa shape index (κ1) is 22.8. The molecule has 7 nitrogen and oxygen atoms in total. The lowest BCUT2D eigenvalue weighted by atomic mass is 9.95. The van der Waals surface area contributed by atoms with Gasteiger partial charge in [0.2, 0.25) is 0 Å². The van der Waals surface area contributed by atoms with Crippen molar-refractivity contribution in [1.29, 1.82) is 0 Å². The molecule has 3 aromatic carbocycles. The number of para-hydroxylation sites is 3. The molecule has 0 spiro atoms. The Morgan fingerprint density at radius 2 is 1.63 bits per heavy atom. The van der Waals surface area contributed by atoms with Gasteiger partial charge in [0.15, 0.2) is 5.65 Å². The van der Waals surface area contributed by atoms with Gasteiger partial charge >= 0.3 is 0 Å². The first-order valence-electron chi connectivity index (χ1n) is 13.5. The van der Waals surface area contributed by atoms with Crippen molar-refractivity contribution in [3.63, 3.8) is 0 Å². The van der Waals surface area contributed by atoms with E-state index in [-0.39, 0.29) is 11.9 Å². The predicted molar refractivity (Wildman–Crippen MR) is 154 cm³/mol. The molecule has 1 saturated carbocycles. The van der Waals surface area contributed by atoms with Crippen LogP contribution >= 0.6 is 0 Å². The van der Waals surface area contributed by atoms with E-state index < -0.39 is 0 Å². The van der Waals surface area contributed by atoms with Gasteiger partial charge in [-0.25, -0.2) is 9.97 Å². The van der Waals surface area contributed by atoms with Crippen LogP contribution in [-0.2, 0) is 6.54 Å². The van der Waals surface area contributed by atoms with Crippen molar-refractivity contribution in [3.8, 4) is 5.69 Å². The summed E-state index contributed by atoms with van der Waals surface area (Å²) in [6.45, 7) is 3.04. The molecule has 6 aromatic rings. The van der Waals surface area contributed by atoms with E-state index in [1.807, 2.05) is 28.8 Å². The second-order valence-electron chi connectivity index (χ2n) is 10.3. The van der Waals surface area contributed by atoms with Gasteiger partial charge in [0.05, 0.1) is 11.0 Å². The molecule has 0 saturated heterocycles. The summed E-state index contributed by atoms with van der Waals surface area (Å²) >= 11 is 0. The minimum Gasteiger partial charge on any atom is -0.384 e. The van der Waals surface area contributed by atoms with Crippen LogP contribution in [0.1, 0.15) is 49.4 Å². The lowest BCUT2D eigenvalue weighted by molar-refractivity contribution is 0.0930. The number of amides is 1. The van der Waals surface area contributed by atoms with Gasteiger partial charge in [-0.15, -0.1) is 0 Å². The monoisotopic (exact) mass is 502 g/mol. The number of anilines is 1. The highest BCUT2D eigenvalue weighted by atomic mass is 16.1. The molecule has 0 bridgehead atoms. The molecule has 0 unspecified atom stereocenters. The van der Waals surface area contributed by atoms with Gasteiger partial charge in [-0.05, 0) is 56.2 Å². The number of nitrogens with two attached hydrogens (primary N) is 1. The van der Waals surface area contributed by atoms with E-state index in [4.69, 9.17) is 15.7 Å². The number of rotatable bonds is 4. The largest absolute Gasteiger partial charge is 0.384 e. The van der Waals surface area contributed by atoms with Gasteiger partial charge < -0.3 is 15.6 Å². The molecule has 7 heteroatoms. The number of aromatic nitrogens is 4. The number of hydrogen-bond donors (Lipinski definition) is 2. The Morgan fingerprint density at radius 1 is 0.921 bits per heavy atom. The summed E-state index contributed by atoms with van der Waals surface area (Å²) in [6.07, 6.45) is 5.49. The summed E-state index contributed by atoms with van der Waals surface area (Å²) in [5.74, 6) is 0.189. The SMILES string of the molecule is CCn1c2ccccc2c2cc(-n3c(N)c(C(=O)NC4CCCCC4)c4nc5ccccc5nc43)ccc21. The Hall–Kier alpha value is -4.39. The van der Waals surface area contributed by atoms with Crippen LogP contribution in [0.4, 0.5) is 5.82 Å². The summed E-state index contributed by atoms with van der Waals surface area (Å²) in [5, 5.41) is 5.57. The summed E-state index contributed by atoms with van der Waals surface area (Å²) in [4.78, 5) is 23.5. The topological polar surface area (TPSA) is 90.8 Å². The van der Waals surface area contributed by atoms with Gasteiger partial charge in [-0.1, -0.05) is 49.6 Å². The molecule has 1 aliphatic carbocycles. The third-order valence-electron chi connectivity index (χ3n) is 8.00. The van der Waals surface area contributed by atoms with Crippen molar-refractivity contribution in [2.24, 2.45) is 0 Å². The second-order valence-corrected chi connectivity index (χ2v) is 10.3. The van der Waals surface area contributed by atoms with Crippen LogP contribution in [0.25, 0.3) is 49.7 Å². The van der Waals surface area contributed by atoms with Gasteiger partial charge in [0.25, 0.3) is 5.91 Å². The van der Waals surface area contributed by atoms with E-state index in [0.717, 1.165) is 54.3 Å². The molecule has 190 valence electrons. The average Bonchev–Trinajstić information content (AvgIpc) is 3.42. The minimum atomic E-state index is -0.175. The van der Waals surface area contributed by atoms with Gasteiger partial charge in [0.1, 0.15) is 16.9 Å². The smallest absolute Gasteiger partial charge is 0.257 e. The summed E-state index contributed by atoms with van der Waals surface area (Å²) < 4.78 is 4.21. The molecule has 0 atom stereocenters. The molecular weight excluding hydrogens is 472 g/mol. The minimum absolute atomic E-state index is 0.166. The van der Waals surface area contributed by atoms with Crippen molar-refractivity contribution in [2.45, 2.75) is 51.6 Å². The Morgan fingerprint density at radius 3 is 2.42 bits per heavy atom. The number of carbonyl (C=O) groups excluding carboxylic acids is 1. The molecule has 3 aromatic heterocycles. The molecule has 0 aliphatic heterocycles. The van der Waals surface area contributed by atoms with E-state index in [1.54, 1.807) is 0 Å². The quantitative estimate of drug-likeness (QED) is 0.294. The van der Waals surface area contributed by atoms with Gasteiger partial charge in [-0.2, -0.15) is 0 Å². The van der Waals surface area contributed by atoms with E-state index in [0.29, 0.717) is 22.5 Å². The zero-order valence-electron chi connectivity index (χ0n) is 21.4. The average molecular weight is 503 g/mol. The lowest BCUT2D eigenvalue weighted by Crippen LogP contribution is -2.36. The zero-order chi connectivity index (χ0) is 25.8. The van der Waals surface area contributed by atoms with Crippen LogP contribution in [0, 0.1) is 0 Å². The summed E-state index contributed by atoms with van der Waals surface area (Å²) in [7, 11) is 0. The molecule has 38 heavy (non-hydrogen) atoms. The molecule has 1 amide bonds. The Balaban J connectivity index is 1.47. The van der Waals surface area contributed by atoms with E-state index in [1.165, 1.54) is 22.8 Å². The maximum absolute atomic E-state index is 13.7. The number of benzene rings is 3. The number of nitrogens with zero attached hydrogens (tertiary/aromatic N) is 4. The normalized spacial score (nSPS) is 14.7. The number of hydrogen-bond acceptors (Lipinski definition) is 4. The second kappa shape index (κ2) is 8.87. The third-order valence-corrected chi connectivity index (χ3v) is 8.00. The lowest BCUT2D eigenvalue weighted by Gasteiger charge is -2.22. The van der Waals surface area contributed by atoms with Crippen molar-refractivity contribution in [2.75, 3.05) is 5.73 Å². The van der Waals surface area contributed by atoms with Crippen molar-refractivity contribution >= 4 is 55.7 Å². The van der Waals surface area contributed by atoms with Crippen LogP contribution < -0.4 is 11.1 Å². The van der Waals surface area contributed by atoms with Crippen molar-refractivity contribution in [3.05, 3.63) is 72.3 Å². The maximum Gasteiger partial charge on any atom is 0.257 e. The van der Waals surface area contributed by atoms with Crippen molar-refractivity contribution < 1.29 is 4.79 Å². The highest BCUT2D eigenvalue weighted by Crippen LogP contribution is 2.35. The highest BCUT2D eigenvalue weighted by molar-refractivity contribution is 6.12. The number of nitrogen functional groups attached to an aromatic ring is 1. The van der Waals surface area contributed by atoms with Crippen molar-refractivity contribution in [1.82, 2.24) is 24.4 Å². The molecule has 3 heterocycles. The first-order valence-corrected chi connectivity index (χ1v) is 13.5. The summed E-state index contributed by atoms with van der Waals surface area (Å²) in [6, 6.07) is 22.7. The third kappa shape index (κ3) is 3.45. The van der Waals surface area contributed by atoms with E-state index in [2.05, 4.69) is 59.3 Å². The van der Waals surface area contributed by atoms with E-state index >= 15 is 0 Å². The fraction of sp³-hybridized carbons (Fsp3) is 0.258. The molecule has 3 N–H and O–H groups in total. The fourth-order valence-electron chi connectivity index (χ4n) is 6.17. The molecular formula is C31H30N6O. The highest BCUT2D eigenvalue weighted by Gasteiger charge is 2.27. The first-order chi connectivity index (χ1) is 18.6. The Bertz CT molecular complexity index is 1860. The van der Waals surface area contributed by atoms with Gasteiger partial charge in [0, 0.05) is 40.1 Å². The van der Waals surface area contributed by atoms with Crippen LogP contribution in [-0.4, -0.2) is 31.1 Å². The van der Waals surface area contributed by atoms with Crippen LogP contribution in [0.15, 0.2) is 66.7 Å². The number of aryl methyl sites for hydroxylation is 1. The molecule has 7 rings (SSSR count). The van der Waals surface area contributed by atoms with Gasteiger partial charge in [-0.3, -0.25) is 9.36 Å². The van der Waals surface area contributed by atoms with Crippen LogP contribution in [0.5, 0.6) is 0 Å². The Kier molecular flexibility index (Phi) is 5.32. The van der Waals surface area contributed by atoms with Crippen LogP contribution in [0.3, 0.4) is 0 Å². The number of fused-ring (bicyclic) bond motifs is 5. The zero-order valence-corrected chi connectivity index (χ0v) is 21.4. The number of carbonyl (C=O) groups is 1. The maximum atomic E-state index is 13.7. The standard InChI is InChI=1S/C31H30N6O/c1-2-36-25-15-9-6-12-21(25)22-18-20(16-17-26(22)36)37-29(32)27(31(38)33-19-10-4-3-5-11-19)28-30(37)35-24-14-8-7-13-23(24)34-28/h6-9,12-19H,2-5,10-11,32H2,1H3,(H,33,38). The van der Waals surface area contributed by atoms with E-state index in [9.17, 15) is 4.79 Å². The summed E-state index contributed by atoms with van der Waals surface area (Å²) in [5.41, 5.74) is 13.1. The predicted octanol–water partition coefficient (Wildman–Crippen LogP) is 6.35. The van der Waals surface area contributed by atoms with Crippen LogP contribution in [0.2, 0.25) is 0 Å². The molecule has 1 fully saturated rings. The molecule has 1 aliphatic rings. The fourth-order valence-corrected chi connectivity index (χ4v) is 6.17.